The van der Waals surface area contributed by atoms with Gasteiger partial charge < -0.3 is 10.4 Å². The van der Waals surface area contributed by atoms with Crippen LogP contribution in [0.2, 0.25) is 0 Å². The number of aromatic nitrogens is 4. The largest absolute Gasteiger partial charge is 0.390 e. The minimum absolute atomic E-state index is 0.0292. The minimum atomic E-state index is -0.614. The Kier molecular flexibility index (Phi) is 4.70. The van der Waals surface area contributed by atoms with Crippen molar-refractivity contribution in [3.63, 3.8) is 0 Å². The van der Waals surface area contributed by atoms with Crippen LogP contribution in [0.5, 0.6) is 0 Å². The molecule has 1 saturated carbocycles. The Bertz CT molecular complexity index is 1120. The van der Waals surface area contributed by atoms with Crippen LogP contribution >= 0.6 is 0 Å². The van der Waals surface area contributed by atoms with E-state index in [1.54, 1.807) is 4.57 Å². The molecule has 7 nitrogen and oxygen atoms in total. The van der Waals surface area contributed by atoms with Crippen LogP contribution in [0.1, 0.15) is 70.3 Å². The van der Waals surface area contributed by atoms with Crippen molar-refractivity contribution in [2.24, 2.45) is 0 Å². The Morgan fingerprint density at radius 2 is 1.84 bits per heavy atom. The van der Waals surface area contributed by atoms with Gasteiger partial charge in [0.25, 0.3) is 0 Å². The van der Waals surface area contributed by atoms with Crippen LogP contribution in [0.4, 0.5) is 5.82 Å². The van der Waals surface area contributed by atoms with Gasteiger partial charge in [-0.25, -0.2) is 14.8 Å². The van der Waals surface area contributed by atoms with Crippen LogP contribution in [-0.4, -0.2) is 29.8 Å². The molecule has 0 bridgehead atoms. The molecule has 5 rings (SSSR count). The van der Waals surface area contributed by atoms with Gasteiger partial charge in [-0.2, -0.15) is 0 Å². The summed E-state index contributed by atoms with van der Waals surface area (Å²) in [6.45, 7) is 7.37. The lowest BCUT2D eigenvalue weighted by atomic mass is 9.70. The predicted molar refractivity (Wildman–Crippen MR) is 120 cm³/mol. The van der Waals surface area contributed by atoms with E-state index in [1.165, 1.54) is 0 Å². The molecule has 0 spiro atoms. The SMILES string of the molecule is CCCn1c2nc(C3(C)CCC(C)(O)CC3)nc-2c2n(c1=O)CC(c1ccccc1)N2. The summed E-state index contributed by atoms with van der Waals surface area (Å²) in [6, 6.07) is 10.3. The van der Waals surface area contributed by atoms with E-state index in [0.29, 0.717) is 18.9 Å². The van der Waals surface area contributed by atoms with Crippen molar-refractivity contribution in [2.45, 2.75) is 83.0 Å². The molecule has 31 heavy (non-hydrogen) atoms. The Labute approximate surface area is 182 Å². The van der Waals surface area contributed by atoms with Gasteiger partial charge in [0.1, 0.15) is 17.3 Å². The fraction of sp³-hybridized carbons (Fsp3) is 0.542. The van der Waals surface area contributed by atoms with Crippen LogP contribution in [0.25, 0.3) is 11.5 Å². The first-order chi connectivity index (χ1) is 14.8. The van der Waals surface area contributed by atoms with E-state index in [2.05, 4.69) is 31.3 Å². The van der Waals surface area contributed by atoms with Crippen molar-refractivity contribution in [3.8, 4) is 11.5 Å². The summed E-state index contributed by atoms with van der Waals surface area (Å²) in [5, 5.41) is 14.0. The third kappa shape index (κ3) is 3.35. The number of imidazole rings is 1. The molecule has 1 aromatic rings. The van der Waals surface area contributed by atoms with Crippen LogP contribution < -0.4 is 11.0 Å². The number of aliphatic hydroxyl groups is 1. The fourth-order valence-corrected chi connectivity index (χ4v) is 4.98. The maximum absolute atomic E-state index is 13.4. The van der Waals surface area contributed by atoms with Gasteiger partial charge in [-0.3, -0.25) is 9.13 Å². The van der Waals surface area contributed by atoms with Crippen molar-refractivity contribution >= 4 is 5.82 Å². The smallest absolute Gasteiger partial charge is 0.331 e. The van der Waals surface area contributed by atoms with E-state index in [4.69, 9.17) is 9.97 Å². The van der Waals surface area contributed by atoms with Gasteiger partial charge in [-0.1, -0.05) is 44.2 Å². The molecule has 0 aromatic heterocycles. The average molecular weight is 422 g/mol. The molecule has 1 atom stereocenters. The number of anilines is 1. The van der Waals surface area contributed by atoms with Crippen LogP contribution in [0, 0.1) is 0 Å². The molecule has 3 heterocycles. The summed E-state index contributed by atoms with van der Waals surface area (Å²) in [7, 11) is 0. The first kappa shape index (κ1) is 20.2. The molecule has 1 fully saturated rings. The second-order valence-electron chi connectivity index (χ2n) is 9.78. The highest BCUT2D eigenvalue weighted by Crippen LogP contribution is 2.44. The molecule has 164 valence electrons. The van der Waals surface area contributed by atoms with E-state index in [-0.39, 0.29) is 17.1 Å². The molecule has 7 heteroatoms. The van der Waals surface area contributed by atoms with E-state index >= 15 is 0 Å². The number of benzene rings is 1. The Morgan fingerprint density at radius 3 is 2.52 bits per heavy atom. The van der Waals surface area contributed by atoms with Gasteiger partial charge in [0, 0.05) is 12.0 Å². The van der Waals surface area contributed by atoms with Gasteiger partial charge in [0.15, 0.2) is 5.82 Å². The second-order valence-corrected chi connectivity index (χ2v) is 9.78. The van der Waals surface area contributed by atoms with Gasteiger partial charge in [0.05, 0.1) is 18.2 Å². The average Bonchev–Trinajstić information content (AvgIpc) is 3.40. The third-order valence-electron chi connectivity index (χ3n) is 7.15. The number of fused-ring (bicyclic) bond motifs is 3. The van der Waals surface area contributed by atoms with E-state index < -0.39 is 5.60 Å². The third-order valence-corrected chi connectivity index (χ3v) is 7.15. The molecule has 4 aliphatic rings. The van der Waals surface area contributed by atoms with Gasteiger partial charge in [-0.15, -0.1) is 0 Å². The monoisotopic (exact) mass is 421 g/mol. The maximum Gasteiger partial charge on any atom is 0.331 e. The summed E-state index contributed by atoms with van der Waals surface area (Å²) < 4.78 is 3.61. The van der Waals surface area contributed by atoms with Gasteiger partial charge in [-0.05, 0) is 44.6 Å². The molecule has 0 amide bonds. The lowest BCUT2D eigenvalue weighted by Crippen LogP contribution is -2.38. The molecule has 3 aliphatic heterocycles. The van der Waals surface area contributed by atoms with E-state index in [0.717, 1.165) is 55.0 Å². The highest BCUT2D eigenvalue weighted by molar-refractivity contribution is 5.70. The standard InChI is InChI=1S/C24H31N5O2/c1-4-14-28-20-18(26-21(27-20)23(2)10-12-24(3,31)13-11-23)19-25-17(15-29(19)22(28)30)16-8-6-5-7-9-16/h5-9,17,25,31H,4,10-15H2,1-3H3. The first-order valence-corrected chi connectivity index (χ1v) is 11.4. The van der Waals surface area contributed by atoms with Crippen LogP contribution in [0.15, 0.2) is 35.1 Å². The quantitative estimate of drug-likeness (QED) is 0.671. The lowest BCUT2D eigenvalue weighted by molar-refractivity contribution is 0.00181. The summed E-state index contributed by atoms with van der Waals surface area (Å²) in [6.07, 6.45) is 3.99. The summed E-state index contributed by atoms with van der Waals surface area (Å²) >= 11 is 0. The lowest BCUT2D eigenvalue weighted by Gasteiger charge is -2.38. The molecular formula is C24H31N5O2. The Balaban J connectivity index is 1.60. The van der Waals surface area contributed by atoms with Gasteiger partial charge in [0.2, 0.25) is 0 Å². The van der Waals surface area contributed by atoms with Crippen LogP contribution in [-0.2, 0) is 18.5 Å². The molecule has 0 saturated heterocycles. The predicted octanol–water partition coefficient (Wildman–Crippen LogP) is 3.70. The molecule has 2 N–H and O–H groups in total. The van der Waals surface area contributed by atoms with Crippen molar-refractivity contribution in [2.75, 3.05) is 5.32 Å². The highest BCUT2D eigenvalue weighted by atomic mass is 16.3. The van der Waals surface area contributed by atoms with E-state index in [9.17, 15) is 9.90 Å². The molecular weight excluding hydrogens is 390 g/mol. The maximum atomic E-state index is 13.4. The Hall–Kier alpha value is -2.67. The number of hydrogen-bond acceptors (Lipinski definition) is 5. The number of nitrogens with zero attached hydrogens (tertiary/aromatic N) is 4. The van der Waals surface area contributed by atoms with Crippen molar-refractivity contribution in [1.29, 1.82) is 0 Å². The summed E-state index contributed by atoms with van der Waals surface area (Å²) in [5.41, 5.74) is 1.10. The summed E-state index contributed by atoms with van der Waals surface area (Å²) in [5.74, 6) is 2.24. The number of hydrogen-bond donors (Lipinski definition) is 2. The molecule has 1 aromatic carbocycles. The van der Waals surface area contributed by atoms with E-state index in [1.807, 2.05) is 29.7 Å². The molecule has 1 aliphatic carbocycles. The van der Waals surface area contributed by atoms with Crippen LogP contribution in [0.3, 0.4) is 0 Å². The zero-order valence-electron chi connectivity index (χ0n) is 18.6. The second kappa shape index (κ2) is 7.19. The van der Waals surface area contributed by atoms with Crippen molar-refractivity contribution in [1.82, 2.24) is 19.1 Å². The minimum Gasteiger partial charge on any atom is -0.390 e. The van der Waals surface area contributed by atoms with Gasteiger partial charge >= 0.3 is 5.69 Å². The zero-order valence-corrected chi connectivity index (χ0v) is 18.6. The summed E-state index contributed by atoms with van der Waals surface area (Å²) in [4.78, 5) is 23.3. The molecule has 0 radical (unpaired) electrons. The topological polar surface area (TPSA) is 85.0 Å². The fourth-order valence-electron chi connectivity index (χ4n) is 4.98. The van der Waals surface area contributed by atoms with Crippen molar-refractivity contribution < 1.29 is 5.11 Å². The number of rotatable bonds is 4. The van der Waals surface area contributed by atoms with Crippen molar-refractivity contribution in [3.05, 3.63) is 52.2 Å². The normalized spacial score (nSPS) is 27.9. The Morgan fingerprint density at radius 1 is 1.13 bits per heavy atom. The highest BCUT2D eigenvalue weighted by Gasteiger charge is 2.42. The zero-order chi connectivity index (χ0) is 21.8. The molecule has 1 unspecified atom stereocenters. The number of nitrogens with one attached hydrogen (secondary N) is 1. The first-order valence-electron chi connectivity index (χ1n) is 11.4.